The van der Waals surface area contributed by atoms with E-state index in [1.165, 1.54) is 24.3 Å². The molecule has 0 saturated carbocycles. The Hall–Kier alpha value is -3.39. The van der Waals surface area contributed by atoms with E-state index < -0.39 is 11.6 Å². The number of fused-ring (bicyclic) bond motifs is 1. The summed E-state index contributed by atoms with van der Waals surface area (Å²) in [6.07, 6.45) is 0. The third-order valence-corrected chi connectivity index (χ3v) is 5.02. The Morgan fingerprint density at radius 3 is 2.62 bits per heavy atom. The molecule has 0 aliphatic carbocycles. The second-order valence-corrected chi connectivity index (χ2v) is 7.19. The lowest BCUT2D eigenvalue weighted by atomic mass is 10.1. The van der Waals surface area contributed by atoms with Crippen molar-refractivity contribution in [3.8, 4) is 23.0 Å². The lowest BCUT2D eigenvalue weighted by Gasteiger charge is -2.09. The van der Waals surface area contributed by atoms with Crippen molar-refractivity contribution >= 4 is 27.5 Å². The smallest absolute Gasteiger partial charge is 0.241 e. The van der Waals surface area contributed by atoms with Gasteiger partial charge < -0.3 is 10.1 Å². The molecule has 4 aromatic rings. The van der Waals surface area contributed by atoms with Crippen LogP contribution >= 0.6 is 11.3 Å². The molecule has 1 N–H and O–H groups in total. The first-order valence-corrected chi connectivity index (χ1v) is 9.59. The van der Waals surface area contributed by atoms with Gasteiger partial charge in [0.1, 0.15) is 10.5 Å². The molecule has 4 rings (SSSR count). The Morgan fingerprint density at radius 1 is 1.10 bits per heavy atom. The van der Waals surface area contributed by atoms with Crippen molar-refractivity contribution in [1.29, 1.82) is 0 Å². The lowest BCUT2D eigenvalue weighted by molar-refractivity contribution is -0.119. The number of hydrogen-bond acceptors (Lipinski definition) is 5. The summed E-state index contributed by atoms with van der Waals surface area (Å²) in [5.41, 5.74) is 2.35. The van der Waals surface area contributed by atoms with Crippen LogP contribution in [0, 0.1) is 11.6 Å². The minimum atomic E-state index is -0.808. The van der Waals surface area contributed by atoms with E-state index in [4.69, 9.17) is 4.74 Å². The van der Waals surface area contributed by atoms with Crippen molar-refractivity contribution in [1.82, 2.24) is 15.3 Å². The summed E-state index contributed by atoms with van der Waals surface area (Å²) in [7, 11) is 0. The van der Waals surface area contributed by atoms with E-state index in [0.29, 0.717) is 22.6 Å². The molecule has 0 atom stereocenters. The van der Waals surface area contributed by atoms with Gasteiger partial charge in [-0.25, -0.2) is 13.8 Å². The fraction of sp³-hybridized carbons (Fsp3) is 0.0952. The molecular formula is C21H15F2N3O2S. The fourth-order valence-corrected chi connectivity index (χ4v) is 3.45. The highest BCUT2D eigenvalue weighted by atomic mass is 32.1. The molecule has 0 aliphatic heterocycles. The van der Waals surface area contributed by atoms with Gasteiger partial charge in [0.2, 0.25) is 11.8 Å². The zero-order valence-corrected chi connectivity index (χ0v) is 16.1. The van der Waals surface area contributed by atoms with Crippen LogP contribution in [0.1, 0.15) is 12.5 Å². The molecule has 0 aliphatic rings. The van der Waals surface area contributed by atoms with Gasteiger partial charge in [-0.1, -0.05) is 24.3 Å². The first kappa shape index (κ1) is 18.9. The maximum atomic E-state index is 14.0. The van der Waals surface area contributed by atoms with Crippen LogP contribution in [0.25, 0.3) is 21.6 Å². The van der Waals surface area contributed by atoms with Crippen molar-refractivity contribution in [3.05, 3.63) is 71.1 Å². The molecule has 146 valence electrons. The molecule has 0 radical (unpaired) electrons. The number of nitrogens with zero attached hydrogens (tertiary/aromatic N) is 2. The molecule has 1 amide bonds. The van der Waals surface area contributed by atoms with Gasteiger partial charge >= 0.3 is 0 Å². The predicted molar refractivity (Wildman–Crippen MR) is 107 cm³/mol. The first-order chi connectivity index (χ1) is 14.0. The monoisotopic (exact) mass is 411 g/mol. The summed E-state index contributed by atoms with van der Waals surface area (Å²) < 4.78 is 33.5. The van der Waals surface area contributed by atoms with Gasteiger partial charge in [0.15, 0.2) is 17.4 Å². The molecule has 29 heavy (non-hydrogen) atoms. The normalized spacial score (nSPS) is 10.9. The standard InChI is InChI=1S/C21H15F2N3O2S/c1-12(27)24-11-13-2-4-14(5-3-13)20-25-17-8-9-29-19(17)21(26-20)28-18-7-6-15(22)10-16(18)23/h2-10H,11H2,1H3,(H,24,27). The number of carbonyl (C=O) groups excluding carboxylic acids is 1. The molecule has 0 unspecified atom stereocenters. The highest BCUT2D eigenvalue weighted by molar-refractivity contribution is 7.17. The van der Waals surface area contributed by atoms with E-state index in [1.807, 2.05) is 35.7 Å². The number of thiophene rings is 1. The zero-order valence-electron chi connectivity index (χ0n) is 15.3. The van der Waals surface area contributed by atoms with Crippen LogP contribution in [0.4, 0.5) is 8.78 Å². The lowest BCUT2D eigenvalue weighted by Crippen LogP contribution is -2.18. The van der Waals surface area contributed by atoms with Crippen molar-refractivity contribution in [2.75, 3.05) is 0 Å². The van der Waals surface area contributed by atoms with Gasteiger partial charge in [0.05, 0.1) is 5.52 Å². The number of aromatic nitrogens is 2. The van der Waals surface area contributed by atoms with Crippen LogP contribution in [0.15, 0.2) is 53.9 Å². The molecule has 2 heterocycles. The van der Waals surface area contributed by atoms with Gasteiger partial charge in [-0.05, 0) is 29.1 Å². The predicted octanol–water partition coefficient (Wildman–Crippen LogP) is 5.06. The van der Waals surface area contributed by atoms with Gasteiger partial charge in [-0.15, -0.1) is 11.3 Å². The molecule has 0 bridgehead atoms. The van der Waals surface area contributed by atoms with E-state index in [-0.39, 0.29) is 17.5 Å². The minimum Gasteiger partial charge on any atom is -0.434 e. The fourth-order valence-electron chi connectivity index (χ4n) is 2.70. The van der Waals surface area contributed by atoms with Gasteiger partial charge in [-0.3, -0.25) is 4.79 Å². The van der Waals surface area contributed by atoms with Crippen molar-refractivity contribution in [2.45, 2.75) is 13.5 Å². The Kier molecular flexibility index (Phi) is 5.18. The maximum absolute atomic E-state index is 14.0. The van der Waals surface area contributed by atoms with E-state index in [0.717, 1.165) is 23.3 Å². The number of nitrogens with one attached hydrogen (secondary N) is 1. The van der Waals surface area contributed by atoms with Gasteiger partial charge in [0.25, 0.3) is 0 Å². The van der Waals surface area contributed by atoms with Gasteiger partial charge in [-0.2, -0.15) is 4.98 Å². The topological polar surface area (TPSA) is 64.1 Å². The quantitative estimate of drug-likeness (QED) is 0.498. The summed E-state index contributed by atoms with van der Waals surface area (Å²) in [6.45, 7) is 1.89. The van der Waals surface area contributed by atoms with Crippen molar-refractivity contribution < 1.29 is 18.3 Å². The molecule has 0 fully saturated rings. The van der Waals surface area contributed by atoms with E-state index >= 15 is 0 Å². The molecule has 2 aromatic heterocycles. The summed E-state index contributed by atoms with van der Waals surface area (Å²) in [5, 5.41) is 4.58. The van der Waals surface area contributed by atoms with E-state index in [1.54, 1.807) is 0 Å². The number of amides is 1. The second-order valence-electron chi connectivity index (χ2n) is 6.27. The van der Waals surface area contributed by atoms with E-state index in [2.05, 4.69) is 15.3 Å². The van der Waals surface area contributed by atoms with E-state index in [9.17, 15) is 13.6 Å². The Morgan fingerprint density at radius 2 is 1.90 bits per heavy atom. The van der Waals surface area contributed by atoms with Crippen LogP contribution in [0.3, 0.4) is 0 Å². The third kappa shape index (κ3) is 4.22. The van der Waals surface area contributed by atoms with Crippen LogP contribution in [-0.2, 0) is 11.3 Å². The average molecular weight is 411 g/mol. The first-order valence-electron chi connectivity index (χ1n) is 8.71. The average Bonchev–Trinajstić information content (AvgIpc) is 3.18. The summed E-state index contributed by atoms with van der Waals surface area (Å²) in [4.78, 5) is 20.0. The number of hydrogen-bond donors (Lipinski definition) is 1. The Labute approximate surface area is 169 Å². The third-order valence-electron chi connectivity index (χ3n) is 4.13. The van der Waals surface area contributed by atoms with Crippen molar-refractivity contribution in [2.24, 2.45) is 0 Å². The molecule has 5 nitrogen and oxygen atoms in total. The number of halogens is 2. The number of benzene rings is 2. The summed E-state index contributed by atoms with van der Waals surface area (Å²) in [6, 6.07) is 12.4. The summed E-state index contributed by atoms with van der Waals surface area (Å²) >= 11 is 1.37. The van der Waals surface area contributed by atoms with Crippen LogP contribution in [0.2, 0.25) is 0 Å². The molecule has 2 aromatic carbocycles. The largest absolute Gasteiger partial charge is 0.434 e. The number of rotatable bonds is 5. The highest BCUT2D eigenvalue weighted by Gasteiger charge is 2.15. The number of carbonyl (C=O) groups is 1. The second kappa shape index (κ2) is 7.92. The van der Waals surface area contributed by atoms with Crippen LogP contribution < -0.4 is 10.1 Å². The Bertz CT molecular complexity index is 1190. The summed E-state index contributed by atoms with van der Waals surface area (Å²) in [5.74, 6) is -1.09. The van der Waals surface area contributed by atoms with Crippen LogP contribution in [-0.4, -0.2) is 15.9 Å². The SMILES string of the molecule is CC(=O)NCc1ccc(-c2nc(Oc3ccc(F)cc3F)c3sccc3n2)cc1. The van der Waals surface area contributed by atoms with Gasteiger partial charge in [0, 0.05) is 25.1 Å². The molecule has 0 saturated heterocycles. The maximum Gasteiger partial charge on any atom is 0.241 e. The molecule has 0 spiro atoms. The molecular weight excluding hydrogens is 396 g/mol. The van der Waals surface area contributed by atoms with Crippen molar-refractivity contribution in [3.63, 3.8) is 0 Å². The zero-order chi connectivity index (χ0) is 20.4. The Balaban J connectivity index is 1.68. The van der Waals surface area contributed by atoms with Crippen LogP contribution in [0.5, 0.6) is 11.6 Å². The molecule has 8 heteroatoms. The highest BCUT2D eigenvalue weighted by Crippen LogP contribution is 2.34. The number of ether oxygens (including phenoxy) is 1. The minimum absolute atomic E-state index is 0.102.